The van der Waals surface area contributed by atoms with Crippen molar-refractivity contribution in [3.05, 3.63) is 35.4 Å². The van der Waals surface area contributed by atoms with Crippen molar-refractivity contribution in [2.24, 2.45) is 0 Å². The molecule has 1 N–H and O–H groups in total. The van der Waals surface area contributed by atoms with E-state index in [2.05, 4.69) is 24.0 Å². The zero-order chi connectivity index (χ0) is 14.8. The van der Waals surface area contributed by atoms with Crippen LogP contribution in [0.3, 0.4) is 0 Å². The van der Waals surface area contributed by atoms with E-state index in [9.17, 15) is 4.79 Å². The third-order valence-corrected chi connectivity index (χ3v) is 3.43. The molecule has 0 aliphatic carbocycles. The summed E-state index contributed by atoms with van der Waals surface area (Å²) >= 11 is 0. The van der Waals surface area contributed by atoms with E-state index in [0.29, 0.717) is 6.54 Å². The number of carbonyl (C=O) groups is 1. The summed E-state index contributed by atoms with van der Waals surface area (Å²) in [5.41, 5.74) is 2.09. The fraction of sp³-hybridized carbons (Fsp3) is 0.588. The van der Waals surface area contributed by atoms with Gasteiger partial charge in [0.05, 0.1) is 6.54 Å². The van der Waals surface area contributed by atoms with Gasteiger partial charge in [-0.2, -0.15) is 0 Å². The molecule has 0 fully saturated rings. The van der Waals surface area contributed by atoms with Crippen molar-refractivity contribution in [3.63, 3.8) is 0 Å². The Bertz CT molecular complexity index is 386. The number of hydrogen-bond donors (Lipinski definition) is 1. The quantitative estimate of drug-likeness (QED) is 0.528. The van der Waals surface area contributed by atoms with Crippen LogP contribution in [0, 0.1) is 0 Å². The highest BCUT2D eigenvalue weighted by Crippen LogP contribution is 2.08. The molecule has 0 unspecified atom stereocenters. The molecule has 0 heterocycles. The molecule has 1 rings (SSSR count). The van der Waals surface area contributed by atoms with Gasteiger partial charge in [0.25, 0.3) is 0 Å². The number of hydrogen-bond acceptors (Lipinski definition) is 3. The normalized spacial score (nSPS) is 11.0. The van der Waals surface area contributed by atoms with Gasteiger partial charge in [-0.3, -0.25) is 9.69 Å². The van der Waals surface area contributed by atoms with E-state index in [1.54, 1.807) is 0 Å². The zero-order valence-electron chi connectivity index (χ0n) is 12.8. The first-order valence-corrected chi connectivity index (χ1v) is 7.59. The van der Waals surface area contributed by atoms with Crippen LogP contribution in [-0.4, -0.2) is 42.5 Å². The van der Waals surface area contributed by atoms with Crippen LogP contribution in [0.1, 0.15) is 48.5 Å². The topological polar surface area (TPSA) is 40.5 Å². The van der Waals surface area contributed by atoms with Crippen molar-refractivity contribution in [1.82, 2.24) is 4.90 Å². The number of carbonyl (C=O) groups excluding carboxylic acids is 1. The van der Waals surface area contributed by atoms with Crippen LogP contribution in [0.5, 0.6) is 0 Å². The van der Waals surface area contributed by atoms with Crippen LogP contribution in [-0.2, 0) is 6.42 Å². The van der Waals surface area contributed by atoms with Crippen LogP contribution in [0.2, 0.25) is 0 Å². The number of aliphatic hydroxyl groups is 1. The van der Waals surface area contributed by atoms with Crippen molar-refractivity contribution in [2.75, 3.05) is 26.7 Å². The van der Waals surface area contributed by atoms with Crippen LogP contribution in [0.15, 0.2) is 24.3 Å². The minimum Gasteiger partial charge on any atom is -0.396 e. The molecule has 3 heteroatoms. The molecule has 20 heavy (non-hydrogen) atoms. The number of benzene rings is 1. The van der Waals surface area contributed by atoms with Gasteiger partial charge >= 0.3 is 0 Å². The van der Waals surface area contributed by atoms with Crippen molar-refractivity contribution in [1.29, 1.82) is 0 Å². The van der Waals surface area contributed by atoms with E-state index >= 15 is 0 Å². The molecule has 0 atom stereocenters. The summed E-state index contributed by atoms with van der Waals surface area (Å²) in [6.07, 6.45) is 5.09. The third kappa shape index (κ3) is 6.31. The molecule has 0 aliphatic heterocycles. The van der Waals surface area contributed by atoms with Gasteiger partial charge in [0.2, 0.25) is 0 Å². The molecule has 0 amide bonds. The summed E-state index contributed by atoms with van der Waals surface area (Å²) in [6.45, 7) is 3.78. The Balaban J connectivity index is 2.37. The summed E-state index contributed by atoms with van der Waals surface area (Å²) in [6, 6.07) is 7.98. The first-order valence-electron chi connectivity index (χ1n) is 7.59. The lowest BCUT2D eigenvalue weighted by Gasteiger charge is -2.15. The van der Waals surface area contributed by atoms with Crippen LogP contribution >= 0.6 is 0 Å². The molecular formula is C17H27NO2. The van der Waals surface area contributed by atoms with Crippen LogP contribution < -0.4 is 0 Å². The molecule has 0 saturated carbocycles. The number of nitrogens with zero attached hydrogens (tertiary/aromatic N) is 1. The molecule has 3 nitrogen and oxygen atoms in total. The Morgan fingerprint density at radius 1 is 1.15 bits per heavy atom. The molecule has 0 saturated heterocycles. The van der Waals surface area contributed by atoms with Crippen molar-refractivity contribution in [2.45, 2.75) is 39.0 Å². The third-order valence-electron chi connectivity index (χ3n) is 3.43. The van der Waals surface area contributed by atoms with E-state index in [1.165, 1.54) is 5.56 Å². The van der Waals surface area contributed by atoms with Gasteiger partial charge in [-0.25, -0.2) is 0 Å². The Kier molecular flexibility index (Phi) is 8.16. The standard InChI is InChI=1S/C17H27NO2/c1-3-7-15-8-10-16(11-9-15)17(20)14-18(2)12-5-4-6-13-19/h8-11,19H,3-7,12-14H2,1-2H3. The molecule has 0 spiro atoms. The monoisotopic (exact) mass is 277 g/mol. The molecule has 0 bridgehead atoms. The average molecular weight is 277 g/mol. The Morgan fingerprint density at radius 3 is 2.45 bits per heavy atom. The van der Waals surface area contributed by atoms with E-state index in [4.69, 9.17) is 5.11 Å². The number of aryl methyl sites for hydroxylation is 1. The second kappa shape index (κ2) is 9.67. The predicted molar refractivity (Wildman–Crippen MR) is 83.2 cm³/mol. The summed E-state index contributed by atoms with van der Waals surface area (Å²) in [5, 5.41) is 8.72. The molecule has 1 aromatic rings. The fourth-order valence-electron chi connectivity index (χ4n) is 2.23. The van der Waals surface area contributed by atoms with Gasteiger partial charge in [-0.1, -0.05) is 37.6 Å². The largest absolute Gasteiger partial charge is 0.396 e. The highest BCUT2D eigenvalue weighted by molar-refractivity contribution is 5.97. The van der Waals surface area contributed by atoms with E-state index < -0.39 is 0 Å². The van der Waals surface area contributed by atoms with Crippen molar-refractivity contribution < 1.29 is 9.90 Å². The van der Waals surface area contributed by atoms with Gasteiger partial charge in [0.1, 0.15) is 0 Å². The number of likely N-dealkylation sites (N-methyl/N-ethyl adjacent to an activating group) is 1. The lowest BCUT2D eigenvalue weighted by molar-refractivity contribution is 0.0945. The van der Waals surface area contributed by atoms with E-state index in [0.717, 1.165) is 44.2 Å². The van der Waals surface area contributed by atoms with E-state index in [-0.39, 0.29) is 12.4 Å². The summed E-state index contributed by atoms with van der Waals surface area (Å²) in [7, 11) is 1.97. The Hall–Kier alpha value is -1.19. The molecule has 0 radical (unpaired) electrons. The Morgan fingerprint density at radius 2 is 1.85 bits per heavy atom. The number of rotatable bonds is 10. The van der Waals surface area contributed by atoms with Crippen LogP contribution in [0.4, 0.5) is 0 Å². The van der Waals surface area contributed by atoms with Crippen molar-refractivity contribution in [3.8, 4) is 0 Å². The number of aliphatic hydroxyl groups excluding tert-OH is 1. The predicted octanol–water partition coefficient (Wildman–Crippen LogP) is 2.92. The molecule has 1 aromatic carbocycles. The van der Waals surface area contributed by atoms with Gasteiger partial charge in [-0.05, 0) is 44.8 Å². The minimum atomic E-state index is 0.178. The second-order valence-corrected chi connectivity index (χ2v) is 5.39. The SMILES string of the molecule is CCCc1ccc(C(=O)CN(C)CCCCCO)cc1. The fourth-order valence-corrected chi connectivity index (χ4v) is 2.23. The van der Waals surface area contributed by atoms with Gasteiger partial charge < -0.3 is 5.11 Å². The smallest absolute Gasteiger partial charge is 0.176 e. The maximum atomic E-state index is 12.1. The lowest BCUT2D eigenvalue weighted by atomic mass is 10.1. The zero-order valence-corrected chi connectivity index (χ0v) is 12.8. The maximum absolute atomic E-state index is 12.1. The number of ketones is 1. The highest BCUT2D eigenvalue weighted by atomic mass is 16.2. The lowest BCUT2D eigenvalue weighted by Crippen LogP contribution is -2.27. The molecule has 112 valence electrons. The first kappa shape index (κ1) is 16.9. The summed E-state index contributed by atoms with van der Waals surface area (Å²) < 4.78 is 0. The maximum Gasteiger partial charge on any atom is 0.176 e. The molecule has 0 aromatic heterocycles. The van der Waals surface area contributed by atoms with Crippen LogP contribution in [0.25, 0.3) is 0 Å². The van der Waals surface area contributed by atoms with Gasteiger partial charge in [-0.15, -0.1) is 0 Å². The second-order valence-electron chi connectivity index (χ2n) is 5.39. The molecular weight excluding hydrogens is 250 g/mol. The van der Waals surface area contributed by atoms with Gasteiger partial charge in [0.15, 0.2) is 5.78 Å². The van der Waals surface area contributed by atoms with Crippen molar-refractivity contribution >= 4 is 5.78 Å². The number of Topliss-reactive ketones (excluding diaryl/α,β-unsaturated/α-hetero) is 1. The minimum absolute atomic E-state index is 0.178. The highest BCUT2D eigenvalue weighted by Gasteiger charge is 2.09. The Labute approximate surface area is 122 Å². The van der Waals surface area contributed by atoms with Gasteiger partial charge in [0, 0.05) is 12.2 Å². The van der Waals surface area contributed by atoms with E-state index in [1.807, 2.05) is 19.2 Å². The summed E-state index contributed by atoms with van der Waals surface area (Å²) in [5.74, 6) is 0.178. The molecule has 0 aliphatic rings. The summed E-state index contributed by atoms with van der Waals surface area (Å²) in [4.78, 5) is 14.2. The number of unbranched alkanes of at least 4 members (excludes halogenated alkanes) is 2. The first-order chi connectivity index (χ1) is 9.67. The average Bonchev–Trinajstić information content (AvgIpc) is 2.45.